The van der Waals surface area contributed by atoms with Crippen LogP contribution in [-0.4, -0.2) is 12.8 Å². The van der Waals surface area contributed by atoms with Crippen molar-refractivity contribution in [3.05, 3.63) is 12.7 Å². The monoisotopic (exact) mass is 181 g/mol. The molecule has 1 rings (SSSR count). The van der Waals surface area contributed by atoms with Gasteiger partial charge in [-0.1, -0.05) is 32.0 Å². The van der Waals surface area contributed by atoms with Crippen molar-refractivity contribution in [3.8, 4) is 0 Å². The fraction of sp³-hybridized carbons (Fsp3) is 0.727. The molecule has 0 radical (unpaired) electrons. The van der Waals surface area contributed by atoms with Crippen LogP contribution >= 0.6 is 0 Å². The molecule has 13 heavy (non-hydrogen) atoms. The lowest BCUT2D eigenvalue weighted by molar-refractivity contribution is 0.0682. The molecule has 1 aliphatic heterocycles. The van der Waals surface area contributed by atoms with E-state index in [2.05, 4.69) is 32.5 Å². The van der Waals surface area contributed by atoms with Crippen molar-refractivity contribution in [2.75, 3.05) is 6.61 Å². The zero-order chi connectivity index (χ0) is 9.90. The van der Waals surface area contributed by atoms with Crippen LogP contribution in [0.15, 0.2) is 17.8 Å². The van der Waals surface area contributed by atoms with E-state index in [-0.39, 0.29) is 5.41 Å². The van der Waals surface area contributed by atoms with Gasteiger partial charge in [0.05, 0.1) is 0 Å². The molecule has 0 amide bonds. The molecule has 1 aliphatic rings. The first-order valence-electron chi connectivity index (χ1n) is 4.83. The third-order valence-corrected chi connectivity index (χ3v) is 2.62. The first-order valence-corrected chi connectivity index (χ1v) is 4.83. The Labute approximate surface area is 80.7 Å². The summed E-state index contributed by atoms with van der Waals surface area (Å²) in [7, 11) is 0. The Morgan fingerprint density at radius 1 is 1.69 bits per heavy atom. The normalized spacial score (nSPS) is 28.7. The minimum Gasteiger partial charge on any atom is -0.396 e. The molecular formula is C11H19NO. The van der Waals surface area contributed by atoms with Gasteiger partial charge in [0.1, 0.15) is 6.61 Å². The van der Waals surface area contributed by atoms with Crippen LogP contribution in [0.2, 0.25) is 0 Å². The average Bonchev–Trinajstić information content (AvgIpc) is 2.25. The molecule has 2 nitrogen and oxygen atoms in total. The molecule has 0 aliphatic carbocycles. The molecule has 0 bridgehead atoms. The second-order valence-corrected chi connectivity index (χ2v) is 4.65. The van der Waals surface area contributed by atoms with E-state index in [0.29, 0.717) is 18.4 Å². The van der Waals surface area contributed by atoms with Gasteiger partial charge in [-0.25, -0.2) is 0 Å². The number of rotatable bonds is 2. The lowest BCUT2D eigenvalue weighted by Crippen LogP contribution is -2.23. The molecule has 0 saturated carbocycles. The van der Waals surface area contributed by atoms with Crippen molar-refractivity contribution in [3.63, 3.8) is 0 Å². The molecule has 2 atom stereocenters. The minimum absolute atomic E-state index is 0.221. The third-order valence-electron chi connectivity index (χ3n) is 2.62. The maximum absolute atomic E-state index is 5.17. The summed E-state index contributed by atoms with van der Waals surface area (Å²) in [5.41, 5.74) is 0.221. The summed E-state index contributed by atoms with van der Waals surface area (Å²) in [6, 6.07) is 0. The highest BCUT2D eigenvalue weighted by molar-refractivity contribution is 5.61. The second kappa shape index (κ2) is 3.95. The van der Waals surface area contributed by atoms with Crippen LogP contribution in [0.3, 0.4) is 0 Å². The Balaban J connectivity index is 2.67. The fourth-order valence-electron chi connectivity index (χ4n) is 1.58. The van der Waals surface area contributed by atoms with E-state index in [1.54, 1.807) is 0 Å². The summed E-state index contributed by atoms with van der Waals surface area (Å²) in [6.45, 7) is 11.1. The van der Waals surface area contributed by atoms with Crippen LogP contribution in [0.5, 0.6) is 0 Å². The van der Waals surface area contributed by atoms with Crippen LogP contribution in [-0.2, 0) is 4.84 Å². The molecule has 0 saturated heterocycles. The van der Waals surface area contributed by atoms with Crippen molar-refractivity contribution in [1.29, 1.82) is 0 Å². The Bertz CT molecular complexity index is 208. The first-order chi connectivity index (χ1) is 6.05. The van der Waals surface area contributed by atoms with Gasteiger partial charge in [0.2, 0.25) is 0 Å². The largest absolute Gasteiger partial charge is 0.396 e. The van der Waals surface area contributed by atoms with Gasteiger partial charge in [-0.3, -0.25) is 0 Å². The molecule has 0 fully saturated rings. The molecule has 0 aromatic carbocycles. The van der Waals surface area contributed by atoms with Crippen LogP contribution in [0.4, 0.5) is 0 Å². The van der Waals surface area contributed by atoms with Gasteiger partial charge in [-0.05, 0) is 12.3 Å². The van der Waals surface area contributed by atoms with Crippen molar-refractivity contribution < 1.29 is 4.84 Å². The maximum atomic E-state index is 5.17. The summed E-state index contributed by atoms with van der Waals surface area (Å²) in [6.07, 6.45) is 5.02. The van der Waals surface area contributed by atoms with Gasteiger partial charge in [-0.2, -0.15) is 0 Å². The highest BCUT2D eigenvalue weighted by Gasteiger charge is 2.27. The summed E-state index contributed by atoms with van der Waals surface area (Å²) in [5.74, 6) is 0.944. The average molecular weight is 181 g/mol. The van der Waals surface area contributed by atoms with Gasteiger partial charge in [0, 0.05) is 17.5 Å². The number of allylic oxidation sites excluding steroid dienone is 1. The molecule has 2 heteroatoms. The maximum Gasteiger partial charge on any atom is 0.122 e. The van der Waals surface area contributed by atoms with Gasteiger partial charge >= 0.3 is 0 Å². The molecule has 1 heterocycles. The number of nitrogens with zero attached hydrogens (tertiary/aromatic N) is 1. The highest BCUT2D eigenvalue weighted by atomic mass is 16.6. The molecule has 0 aromatic heterocycles. The first kappa shape index (κ1) is 10.3. The molecule has 74 valence electrons. The van der Waals surface area contributed by atoms with Gasteiger partial charge in [0.15, 0.2) is 0 Å². The lowest BCUT2D eigenvalue weighted by atomic mass is 9.79. The number of hydrogen-bond donors (Lipinski definition) is 0. The van der Waals surface area contributed by atoms with Gasteiger partial charge in [-0.15, -0.1) is 6.58 Å². The van der Waals surface area contributed by atoms with E-state index < -0.39 is 0 Å². The predicted octanol–water partition coefficient (Wildman–Crippen LogP) is 2.86. The second-order valence-electron chi connectivity index (χ2n) is 4.65. The van der Waals surface area contributed by atoms with Crippen molar-refractivity contribution in [2.45, 2.75) is 27.2 Å². The Morgan fingerprint density at radius 3 is 3.00 bits per heavy atom. The highest BCUT2D eigenvalue weighted by Crippen LogP contribution is 2.31. The van der Waals surface area contributed by atoms with E-state index in [1.165, 1.54) is 0 Å². The summed E-state index contributed by atoms with van der Waals surface area (Å²) in [5, 5.41) is 3.94. The Morgan fingerprint density at radius 2 is 2.38 bits per heavy atom. The van der Waals surface area contributed by atoms with E-state index in [4.69, 9.17) is 4.84 Å². The van der Waals surface area contributed by atoms with E-state index >= 15 is 0 Å². The van der Waals surface area contributed by atoms with Crippen LogP contribution in [0, 0.1) is 17.3 Å². The van der Waals surface area contributed by atoms with Crippen molar-refractivity contribution in [1.82, 2.24) is 0 Å². The SMILES string of the molecule is C=CC(C)C1C=NOCC(C)(C)C1. The quantitative estimate of drug-likeness (QED) is 0.600. The molecule has 2 unspecified atom stereocenters. The standard InChI is InChI=1S/C11H19NO/c1-5-9(2)10-6-11(3,4)8-13-12-7-10/h5,7,9-10H,1,6,8H2,2-4H3. The topological polar surface area (TPSA) is 21.6 Å². The molecule has 0 spiro atoms. The van der Waals surface area contributed by atoms with Gasteiger partial charge in [0.25, 0.3) is 0 Å². The summed E-state index contributed by atoms with van der Waals surface area (Å²) in [4.78, 5) is 5.17. The minimum atomic E-state index is 0.221. The van der Waals surface area contributed by atoms with Crippen molar-refractivity contribution in [2.24, 2.45) is 22.4 Å². The van der Waals surface area contributed by atoms with E-state index in [0.717, 1.165) is 6.42 Å². The zero-order valence-corrected chi connectivity index (χ0v) is 8.79. The van der Waals surface area contributed by atoms with Crippen molar-refractivity contribution >= 4 is 6.21 Å². The molecule has 0 N–H and O–H groups in total. The van der Waals surface area contributed by atoms with E-state index in [1.807, 2.05) is 12.3 Å². The van der Waals surface area contributed by atoms with Crippen LogP contribution in [0.25, 0.3) is 0 Å². The van der Waals surface area contributed by atoms with E-state index in [9.17, 15) is 0 Å². The zero-order valence-electron chi connectivity index (χ0n) is 8.79. The smallest absolute Gasteiger partial charge is 0.122 e. The van der Waals surface area contributed by atoms with Crippen LogP contribution < -0.4 is 0 Å². The number of oxime groups is 1. The summed E-state index contributed by atoms with van der Waals surface area (Å²) >= 11 is 0. The van der Waals surface area contributed by atoms with Gasteiger partial charge < -0.3 is 4.84 Å². The third kappa shape index (κ3) is 2.87. The molecule has 0 aromatic rings. The fourth-order valence-corrected chi connectivity index (χ4v) is 1.58. The summed E-state index contributed by atoms with van der Waals surface area (Å²) < 4.78 is 0. The lowest BCUT2D eigenvalue weighted by Gasteiger charge is -2.25. The van der Waals surface area contributed by atoms with Crippen LogP contribution in [0.1, 0.15) is 27.2 Å². The Kier molecular flexibility index (Phi) is 3.12. The predicted molar refractivity (Wildman–Crippen MR) is 55.7 cm³/mol. The molecular weight excluding hydrogens is 162 g/mol. The Hall–Kier alpha value is -0.790. The number of hydrogen-bond acceptors (Lipinski definition) is 2.